The first-order valence-corrected chi connectivity index (χ1v) is 7.77. The minimum Gasteiger partial charge on any atom is -0.381 e. The molecule has 112 valence electrons. The number of rotatable bonds is 3. The summed E-state index contributed by atoms with van der Waals surface area (Å²) in [5.41, 5.74) is 1.04. The van der Waals surface area contributed by atoms with Crippen molar-refractivity contribution in [3.63, 3.8) is 0 Å². The average molecular weight is 287 g/mol. The van der Waals surface area contributed by atoms with Gasteiger partial charge in [0.15, 0.2) is 5.82 Å². The van der Waals surface area contributed by atoms with Crippen molar-refractivity contribution >= 4 is 11.3 Å². The number of nitrogens with zero attached hydrogens (tertiary/aromatic N) is 4. The molecule has 1 unspecified atom stereocenters. The molecule has 0 radical (unpaired) electrons. The highest BCUT2D eigenvalue weighted by Crippen LogP contribution is 2.23. The van der Waals surface area contributed by atoms with Gasteiger partial charge in [0.05, 0.1) is 6.20 Å². The molecule has 2 saturated heterocycles. The van der Waals surface area contributed by atoms with Gasteiger partial charge in [-0.15, -0.1) is 0 Å². The zero-order valence-corrected chi connectivity index (χ0v) is 12.1. The monoisotopic (exact) mass is 287 g/mol. The highest BCUT2D eigenvalue weighted by molar-refractivity contribution is 5.67. The van der Waals surface area contributed by atoms with E-state index in [1.807, 2.05) is 23.0 Å². The molecule has 2 aliphatic rings. The lowest BCUT2D eigenvalue weighted by molar-refractivity contribution is 0.0421. The van der Waals surface area contributed by atoms with Gasteiger partial charge in [-0.05, 0) is 25.3 Å². The number of fused-ring (bicyclic) bond motifs is 1. The molecule has 0 aliphatic carbocycles. The molecule has 4 rings (SSSR count). The van der Waals surface area contributed by atoms with Crippen molar-refractivity contribution in [1.29, 1.82) is 0 Å². The maximum Gasteiger partial charge on any atom is 0.152 e. The largest absolute Gasteiger partial charge is 0.381 e. The summed E-state index contributed by atoms with van der Waals surface area (Å²) in [5, 5.41) is 7.85. The van der Waals surface area contributed by atoms with E-state index in [-0.39, 0.29) is 0 Å². The number of hydrogen-bond donors (Lipinski definition) is 1. The predicted molar refractivity (Wildman–Crippen MR) is 80.4 cm³/mol. The molecule has 1 atom stereocenters. The van der Waals surface area contributed by atoms with E-state index in [9.17, 15) is 0 Å². The van der Waals surface area contributed by atoms with Crippen LogP contribution < -0.4 is 5.32 Å². The number of hydrogen-bond acceptors (Lipinski definition) is 5. The van der Waals surface area contributed by atoms with Gasteiger partial charge in [0.25, 0.3) is 0 Å². The Morgan fingerprint density at radius 2 is 2.10 bits per heavy atom. The minimum absolute atomic E-state index is 0.474. The molecular weight excluding hydrogens is 266 g/mol. The molecule has 2 aromatic heterocycles. The van der Waals surface area contributed by atoms with Crippen LogP contribution in [0.25, 0.3) is 5.52 Å². The summed E-state index contributed by atoms with van der Waals surface area (Å²) < 4.78 is 7.32. The van der Waals surface area contributed by atoms with Crippen LogP contribution in [0.5, 0.6) is 0 Å². The molecule has 0 saturated carbocycles. The van der Waals surface area contributed by atoms with Gasteiger partial charge in [-0.2, -0.15) is 5.10 Å². The van der Waals surface area contributed by atoms with Crippen LogP contribution in [0.4, 0.5) is 5.82 Å². The van der Waals surface area contributed by atoms with Crippen LogP contribution in [0.1, 0.15) is 19.3 Å². The van der Waals surface area contributed by atoms with Gasteiger partial charge in [0.1, 0.15) is 5.52 Å². The Bertz CT molecular complexity index is 607. The standard InChI is InChI=1S/C15H21N5O/c1-5-17-20-8-6-16-15(14(1)20)18-12-2-7-19(11-12)13-3-9-21-10-4-13/h1,5-6,8,12-13H,2-4,7,9-11H2,(H,16,18). The third kappa shape index (κ3) is 2.61. The van der Waals surface area contributed by atoms with Crippen LogP contribution in [-0.2, 0) is 4.74 Å². The first-order valence-electron chi connectivity index (χ1n) is 7.77. The summed E-state index contributed by atoms with van der Waals surface area (Å²) in [7, 11) is 0. The summed E-state index contributed by atoms with van der Waals surface area (Å²) in [6.07, 6.45) is 9.00. The van der Waals surface area contributed by atoms with Crippen molar-refractivity contribution in [3.05, 3.63) is 24.7 Å². The molecule has 0 amide bonds. The van der Waals surface area contributed by atoms with Crippen molar-refractivity contribution in [1.82, 2.24) is 19.5 Å². The van der Waals surface area contributed by atoms with E-state index in [1.165, 1.54) is 25.8 Å². The Morgan fingerprint density at radius 1 is 1.19 bits per heavy atom. The Kier molecular flexibility index (Phi) is 3.48. The second-order valence-corrected chi connectivity index (χ2v) is 5.91. The molecule has 6 nitrogen and oxygen atoms in total. The molecule has 0 spiro atoms. The highest BCUT2D eigenvalue weighted by Gasteiger charge is 2.29. The van der Waals surface area contributed by atoms with E-state index < -0.39 is 0 Å². The van der Waals surface area contributed by atoms with Crippen LogP contribution >= 0.6 is 0 Å². The van der Waals surface area contributed by atoms with Crippen LogP contribution in [-0.4, -0.2) is 57.9 Å². The molecule has 2 aliphatic heterocycles. The fraction of sp³-hybridized carbons (Fsp3) is 0.600. The molecule has 0 bridgehead atoms. The number of nitrogens with one attached hydrogen (secondary N) is 1. The first-order chi connectivity index (χ1) is 10.4. The van der Waals surface area contributed by atoms with E-state index in [1.54, 1.807) is 6.20 Å². The lowest BCUT2D eigenvalue weighted by Gasteiger charge is -2.31. The highest BCUT2D eigenvalue weighted by atomic mass is 16.5. The normalized spacial score (nSPS) is 24.7. The number of aromatic nitrogens is 3. The van der Waals surface area contributed by atoms with Gasteiger partial charge >= 0.3 is 0 Å². The Hall–Kier alpha value is -1.66. The second kappa shape index (κ2) is 5.61. The van der Waals surface area contributed by atoms with Gasteiger partial charge in [0, 0.05) is 50.8 Å². The van der Waals surface area contributed by atoms with Crippen LogP contribution in [0.2, 0.25) is 0 Å². The summed E-state index contributed by atoms with van der Waals surface area (Å²) in [4.78, 5) is 7.08. The van der Waals surface area contributed by atoms with E-state index >= 15 is 0 Å². The maximum atomic E-state index is 5.46. The smallest absolute Gasteiger partial charge is 0.152 e. The molecule has 1 N–H and O–H groups in total. The third-order valence-corrected chi connectivity index (χ3v) is 4.59. The second-order valence-electron chi connectivity index (χ2n) is 5.91. The zero-order chi connectivity index (χ0) is 14.1. The first kappa shape index (κ1) is 13.0. The van der Waals surface area contributed by atoms with Gasteiger partial charge in [-0.25, -0.2) is 9.50 Å². The van der Waals surface area contributed by atoms with Crippen LogP contribution in [0, 0.1) is 0 Å². The minimum atomic E-state index is 0.474. The van der Waals surface area contributed by atoms with Crippen molar-refractivity contribution in [2.24, 2.45) is 0 Å². The molecule has 2 fully saturated rings. The van der Waals surface area contributed by atoms with E-state index in [0.717, 1.165) is 31.1 Å². The molecule has 4 heterocycles. The predicted octanol–water partition coefficient (Wildman–Crippen LogP) is 1.39. The van der Waals surface area contributed by atoms with Gasteiger partial charge in [0.2, 0.25) is 0 Å². The van der Waals surface area contributed by atoms with Crippen molar-refractivity contribution in [2.75, 3.05) is 31.6 Å². The molecular formula is C15H21N5O. The van der Waals surface area contributed by atoms with E-state index in [4.69, 9.17) is 4.74 Å². The Morgan fingerprint density at radius 3 is 3.00 bits per heavy atom. The summed E-state index contributed by atoms with van der Waals surface area (Å²) in [5.74, 6) is 0.939. The average Bonchev–Trinajstić information content (AvgIpc) is 3.17. The van der Waals surface area contributed by atoms with Gasteiger partial charge in [-0.3, -0.25) is 4.90 Å². The molecule has 6 heteroatoms. The molecule has 2 aromatic rings. The summed E-state index contributed by atoms with van der Waals surface area (Å²) in [6.45, 7) is 4.10. The topological polar surface area (TPSA) is 54.7 Å². The zero-order valence-electron chi connectivity index (χ0n) is 12.1. The number of likely N-dealkylation sites (tertiary alicyclic amines) is 1. The van der Waals surface area contributed by atoms with Gasteiger partial charge < -0.3 is 10.1 Å². The fourth-order valence-corrected chi connectivity index (χ4v) is 3.45. The molecule has 0 aromatic carbocycles. The number of anilines is 1. The number of ether oxygens (including phenoxy) is 1. The SMILES string of the molecule is c1cn2nccc2c(NC2CCN(C3CCOCC3)C2)n1. The lowest BCUT2D eigenvalue weighted by Crippen LogP contribution is -2.39. The quantitative estimate of drug-likeness (QED) is 0.924. The van der Waals surface area contributed by atoms with Crippen molar-refractivity contribution in [2.45, 2.75) is 31.3 Å². The van der Waals surface area contributed by atoms with Crippen LogP contribution in [0.3, 0.4) is 0 Å². The van der Waals surface area contributed by atoms with E-state index in [2.05, 4.69) is 20.3 Å². The van der Waals surface area contributed by atoms with Gasteiger partial charge in [-0.1, -0.05) is 0 Å². The van der Waals surface area contributed by atoms with Crippen molar-refractivity contribution in [3.8, 4) is 0 Å². The maximum absolute atomic E-state index is 5.46. The Balaban J connectivity index is 1.43. The lowest BCUT2D eigenvalue weighted by atomic mass is 10.1. The van der Waals surface area contributed by atoms with E-state index in [0.29, 0.717) is 12.1 Å². The molecule has 21 heavy (non-hydrogen) atoms. The van der Waals surface area contributed by atoms with Crippen molar-refractivity contribution < 1.29 is 4.74 Å². The van der Waals surface area contributed by atoms with Crippen LogP contribution in [0.15, 0.2) is 24.7 Å². The fourth-order valence-electron chi connectivity index (χ4n) is 3.45. The summed E-state index contributed by atoms with van der Waals surface area (Å²) in [6, 6.07) is 3.17. The third-order valence-electron chi connectivity index (χ3n) is 4.59. The summed E-state index contributed by atoms with van der Waals surface area (Å²) >= 11 is 0. The Labute approximate surface area is 124 Å².